The zero-order valence-electron chi connectivity index (χ0n) is 17.7. The minimum Gasteiger partial charge on any atom is -0.478 e. The molecule has 1 amide bonds. The largest absolute Gasteiger partial charge is 0.478 e. The van der Waals surface area contributed by atoms with E-state index in [-0.39, 0.29) is 16.6 Å². The Morgan fingerprint density at radius 2 is 1.81 bits per heavy atom. The van der Waals surface area contributed by atoms with Gasteiger partial charge in [-0.2, -0.15) is 0 Å². The van der Waals surface area contributed by atoms with E-state index in [9.17, 15) is 19.5 Å². The molecule has 31 heavy (non-hydrogen) atoms. The molecular weight excluding hydrogens is 412 g/mol. The Morgan fingerprint density at radius 3 is 2.45 bits per heavy atom. The molecule has 2 aromatic rings. The van der Waals surface area contributed by atoms with E-state index in [1.807, 2.05) is 30.3 Å². The number of carboxylic acids is 1. The van der Waals surface area contributed by atoms with Gasteiger partial charge >= 0.3 is 5.97 Å². The zero-order chi connectivity index (χ0) is 22.2. The minimum atomic E-state index is -1.03. The molecule has 0 spiro atoms. The summed E-state index contributed by atoms with van der Waals surface area (Å²) >= 11 is 1.13. The molecule has 1 atom stereocenters. The SMILES string of the molecule is CC(=O)SCC(Cc1ccccc1)C(=O)Nc1cc(C(=O)O)ccc1CN1CCCC1. The van der Waals surface area contributed by atoms with Crippen molar-refractivity contribution in [2.24, 2.45) is 5.92 Å². The van der Waals surface area contributed by atoms with Crippen LogP contribution in [0, 0.1) is 5.92 Å². The fraction of sp³-hybridized carbons (Fsp3) is 0.375. The number of anilines is 1. The van der Waals surface area contributed by atoms with E-state index in [1.54, 1.807) is 12.1 Å². The van der Waals surface area contributed by atoms with E-state index < -0.39 is 11.9 Å². The van der Waals surface area contributed by atoms with Gasteiger partial charge in [0.1, 0.15) is 0 Å². The highest BCUT2D eigenvalue weighted by atomic mass is 32.2. The van der Waals surface area contributed by atoms with Crippen LogP contribution in [0.2, 0.25) is 0 Å². The van der Waals surface area contributed by atoms with E-state index in [1.165, 1.54) is 13.0 Å². The van der Waals surface area contributed by atoms with Gasteiger partial charge < -0.3 is 10.4 Å². The summed E-state index contributed by atoms with van der Waals surface area (Å²) in [5.41, 5.74) is 2.59. The Labute approximate surface area is 187 Å². The number of thioether (sulfide) groups is 1. The lowest BCUT2D eigenvalue weighted by Crippen LogP contribution is -2.28. The van der Waals surface area contributed by atoms with Crippen LogP contribution in [0.25, 0.3) is 0 Å². The van der Waals surface area contributed by atoms with Crippen LogP contribution in [0.3, 0.4) is 0 Å². The normalized spacial score (nSPS) is 14.9. The molecule has 0 aliphatic carbocycles. The van der Waals surface area contributed by atoms with Crippen LogP contribution in [0.1, 0.15) is 41.3 Å². The molecular formula is C24H28N2O4S. The third-order valence-corrected chi connectivity index (χ3v) is 6.37. The first-order valence-corrected chi connectivity index (χ1v) is 11.5. The first-order valence-electron chi connectivity index (χ1n) is 10.5. The van der Waals surface area contributed by atoms with Crippen molar-refractivity contribution < 1.29 is 19.5 Å². The van der Waals surface area contributed by atoms with Crippen molar-refractivity contribution in [1.82, 2.24) is 4.90 Å². The fourth-order valence-electron chi connectivity index (χ4n) is 3.72. The molecule has 2 N–H and O–H groups in total. The van der Waals surface area contributed by atoms with Crippen LogP contribution in [0.5, 0.6) is 0 Å². The Balaban J connectivity index is 1.81. The van der Waals surface area contributed by atoms with E-state index in [2.05, 4.69) is 10.2 Å². The summed E-state index contributed by atoms with van der Waals surface area (Å²) in [6, 6.07) is 14.6. The molecule has 2 aromatic carbocycles. The Bertz CT molecular complexity index is 926. The maximum atomic E-state index is 13.2. The number of hydrogen-bond donors (Lipinski definition) is 2. The number of rotatable bonds is 9. The van der Waals surface area contributed by atoms with Crippen LogP contribution in [-0.2, 0) is 22.6 Å². The summed E-state index contributed by atoms with van der Waals surface area (Å²) in [6.07, 6.45) is 2.81. The van der Waals surface area contributed by atoms with Crippen LogP contribution in [0.15, 0.2) is 48.5 Å². The second-order valence-electron chi connectivity index (χ2n) is 7.84. The number of likely N-dealkylation sites (tertiary alicyclic amines) is 1. The molecule has 0 bridgehead atoms. The van der Waals surface area contributed by atoms with Crippen LogP contribution in [-0.4, -0.2) is 45.8 Å². The van der Waals surface area contributed by atoms with Gasteiger partial charge in [-0.05, 0) is 55.6 Å². The van der Waals surface area contributed by atoms with E-state index >= 15 is 0 Å². The summed E-state index contributed by atoms with van der Waals surface area (Å²) in [5.74, 6) is -1.28. The molecule has 7 heteroatoms. The molecule has 1 aliphatic rings. The molecule has 164 valence electrons. The van der Waals surface area contributed by atoms with E-state index in [0.29, 0.717) is 24.4 Å². The Hall–Kier alpha value is -2.64. The van der Waals surface area contributed by atoms with Gasteiger partial charge in [-0.1, -0.05) is 48.2 Å². The summed E-state index contributed by atoms with van der Waals surface area (Å²) < 4.78 is 0. The lowest BCUT2D eigenvalue weighted by molar-refractivity contribution is -0.119. The quantitative estimate of drug-likeness (QED) is 0.612. The number of carbonyl (C=O) groups excluding carboxylic acids is 2. The number of benzene rings is 2. The Kier molecular flexibility index (Phi) is 8.26. The van der Waals surface area contributed by atoms with Gasteiger partial charge in [0, 0.05) is 24.9 Å². The first kappa shape index (κ1) is 23.0. The molecule has 0 radical (unpaired) electrons. The highest BCUT2D eigenvalue weighted by molar-refractivity contribution is 8.13. The number of carbonyl (C=O) groups is 3. The van der Waals surface area contributed by atoms with E-state index in [4.69, 9.17) is 0 Å². The molecule has 1 aliphatic heterocycles. The predicted molar refractivity (Wildman–Crippen MR) is 123 cm³/mol. The number of hydrogen-bond acceptors (Lipinski definition) is 5. The van der Waals surface area contributed by atoms with Gasteiger partial charge in [0.15, 0.2) is 5.12 Å². The lowest BCUT2D eigenvalue weighted by atomic mass is 9.99. The van der Waals surface area contributed by atoms with Crippen molar-refractivity contribution in [1.29, 1.82) is 0 Å². The summed E-state index contributed by atoms with van der Waals surface area (Å²) in [4.78, 5) is 38.5. The molecule has 0 aromatic heterocycles. The van der Waals surface area contributed by atoms with Gasteiger partial charge in [0.2, 0.25) is 5.91 Å². The van der Waals surface area contributed by atoms with Crippen molar-refractivity contribution in [2.75, 3.05) is 24.2 Å². The number of aromatic carboxylic acids is 1. The monoisotopic (exact) mass is 440 g/mol. The van der Waals surface area contributed by atoms with Crippen LogP contribution >= 0.6 is 11.8 Å². The molecule has 3 rings (SSSR count). The van der Waals surface area contributed by atoms with E-state index in [0.717, 1.165) is 48.8 Å². The van der Waals surface area contributed by atoms with Gasteiger partial charge in [0.05, 0.1) is 11.5 Å². The lowest BCUT2D eigenvalue weighted by Gasteiger charge is -2.21. The maximum Gasteiger partial charge on any atom is 0.335 e. The third kappa shape index (κ3) is 6.94. The van der Waals surface area contributed by atoms with Gasteiger partial charge in [-0.25, -0.2) is 4.79 Å². The maximum absolute atomic E-state index is 13.2. The zero-order valence-corrected chi connectivity index (χ0v) is 18.5. The average Bonchev–Trinajstić information content (AvgIpc) is 3.26. The Morgan fingerprint density at radius 1 is 1.10 bits per heavy atom. The van der Waals surface area contributed by atoms with Crippen LogP contribution in [0.4, 0.5) is 5.69 Å². The number of carboxylic acid groups (broad SMARTS) is 1. The summed E-state index contributed by atoms with van der Waals surface area (Å²) in [7, 11) is 0. The van der Waals surface area contributed by atoms with Crippen molar-refractivity contribution in [3.05, 3.63) is 65.2 Å². The molecule has 0 saturated carbocycles. The van der Waals surface area contributed by atoms with Gasteiger partial charge in [-0.3, -0.25) is 14.5 Å². The second-order valence-corrected chi connectivity index (χ2v) is 9.04. The molecule has 1 unspecified atom stereocenters. The minimum absolute atomic E-state index is 0.0338. The standard InChI is InChI=1S/C24H28N2O4S/c1-17(27)31-16-21(13-18-7-3-2-4-8-18)23(28)25-22-14-19(24(29)30)9-10-20(22)15-26-11-5-6-12-26/h2-4,7-10,14,21H,5-6,11-13,15-16H2,1H3,(H,25,28)(H,29,30). The number of nitrogens with one attached hydrogen (secondary N) is 1. The number of amides is 1. The van der Waals surface area contributed by atoms with Crippen molar-refractivity contribution in [3.8, 4) is 0 Å². The highest BCUT2D eigenvalue weighted by Crippen LogP contribution is 2.24. The summed E-state index contributed by atoms with van der Waals surface area (Å²) in [6.45, 7) is 4.16. The van der Waals surface area contributed by atoms with Gasteiger partial charge in [0.25, 0.3) is 0 Å². The van der Waals surface area contributed by atoms with Crippen molar-refractivity contribution in [3.63, 3.8) is 0 Å². The molecule has 1 fully saturated rings. The average molecular weight is 441 g/mol. The molecule has 1 saturated heterocycles. The first-order chi connectivity index (χ1) is 14.9. The summed E-state index contributed by atoms with van der Waals surface area (Å²) in [5, 5.41) is 12.3. The van der Waals surface area contributed by atoms with Crippen LogP contribution < -0.4 is 5.32 Å². The third-order valence-electron chi connectivity index (χ3n) is 5.39. The van der Waals surface area contributed by atoms with Crippen molar-refractivity contribution in [2.45, 2.75) is 32.7 Å². The number of nitrogens with zero attached hydrogens (tertiary/aromatic N) is 1. The smallest absolute Gasteiger partial charge is 0.335 e. The molecule has 6 nitrogen and oxygen atoms in total. The predicted octanol–water partition coefficient (Wildman–Crippen LogP) is 4.06. The second kappa shape index (κ2) is 11.1. The fourth-order valence-corrected chi connectivity index (χ4v) is 4.43. The topological polar surface area (TPSA) is 86.7 Å². The highest BCUT2D eigenvalue weighted by Gasteiger charge is 2.22. The van der Waals surface area contributed by atoms with Gasteiger partial charge in [-0.15, -0.1) is 0 Å². The molecule has 1 heterocycles. The van der Waals surface area contributed by atoms with Crippen molar-refractivity contribution >= 4 is 34.4 Å².